The fraction of sp³-hybridized carbons (Fsp3) is 0.333. The summed E-state index contributed by atoms with van der Waals surface area (Å²) in [6, 6.07) is 5.33. The quantitative estimate of drug-likeness (QED) is 0.832. The van der Waals surface area contributed by atoms with Gasteiger partial charge in [-0.25, -0.2) is 4.21 Å². The van der Waals surface area contributed by atoms with Gasteiger partial charge in [-0.15, -0.1) is 0 Å². The van der Waals surface area contributed by atoms with Crippen LogP contribution in [-0.4, -0.2) is 8.76 Å². The van der Waals surface area contributed by atoms with Crippen LogP contribution in [-0.2, 0) is 11.1 Å². The van der Waals surface area contributed by atoms with Crippen molar-refractivity contribution in [3.05, 3.63) is 28.2 Å². The van der Waals surface area contributed by atoms with E-state index in [0.29, 0.717) is 4.90 Å². The van der Waals surface area contributed by atoms with E-state index in [9.17, 15) is 4.21 Å². The van der Waals surface area contributed by atoms with E-state index in [1.165, 1.54) is 0 Å². The Balaban J connectivity index is 3.26. The molecule has 0 heterocycles. The number of hydrogen-bond acceptors (Lipinski definition) is 1. The topological polar surface area (TPSA) is 37.3 Å². The average molecular weight is 263 g/mol. The predicted octanol–water partition coefficient (Wildman–Crippen LogP) is 3.15. The van der Waals surface area contributed by atoms with E-state index in [2.05, 4.69) is 15.9 Å². The largest absolute Gasteiger partial charge is 0.302 e. The fourth-order valence-corrected chi connectivity index (χ4v) is 2.19. The predicted molar refractivity (Wildman–Crippen MR) is 57.3 cm³/mol. The Morgan fingerprint density at radius 3 is 2.54 bits per heavy atom. The molecule has 0 aliphatic carbocycles. The Kier molecular flexibility index (Phi) is 3.64. The molecular weight excluding hydrogens is 252 g/mol. The summed E-state index contributed by atoms with van der Waals surface area (Å²) in [6.45, 7) is 4.00. The smallest absolute Gasteiger partial charge is 0.186 e. The Bertz CT molecular complexity index is 336. The third kappa shape index (κ3) is 2.62. The number of benzene rings is 1. The molecule has 72 valence electrons. The number of rotatable bonds is 2. The van der Waals surface area contributed by atoms with E-state index in [0.717, 1.165) is 10.0 Å². The highest BCUT2D eigenvalue weighted by Gasteiger charge is 2.10. The Labute approximate surface area is 88.8 Å². The Hall–Kier alpha value is -0.190. The maximum Gasteiger partial charge on any atom is 0.186 e. The summed E-state index contributed by atoms with van der Waals surface area (Å²) in [6.07, 6.45) is 0. The second kappa shape index (κ2) is 4.35. The maximum absolute atomic E-state index is 10.9. The van der Waals surface area contributed by atoms with Crippen LogP contribution in [0, 0.1) is 0 Å². The molecule has 4 heteroatoms. The van der Waals surface area contributed by atoms with Crippen molar-refractivity contribution in [1.29, 1.82) is 0 Å². The van der Waals surface area contributed by atoms with E-state index in [-0.39, 0.29) is 5.92 Å². The van der Waals surface area contributed by atoms with Gasteiger partial charge in [0.1, 0.15) is 0 Å². The molecule has 1 aromatic rings. The van der Waals surface area contributed by atoms with Crippen molar-refractivity contribution in [2.24, 2.45) is 0 Å². The van der Waals surface area contributed by atoms with Crippen molar-refractivity contribution in [2.75, 3.05) is 0 Å². The van der Waals surface area contributed by atoms with Gasteiger partial charge in [0.15, 0.2) is 11.1 Å². The summed E-state index contributed by atoms with van der Waals surface area (Å²) in [5.74, 6) is 0.253. The van der Waals surface area contributed by atoms with Crippen LogP contribution in [0.4, 0.5) is 0 Å². The van der Waals surface area contributed by atoms with Crippen LogP contribution in [0.1, 0.15) is 25.3 Å². The van der Waals surface area contributed by atoms with Gasteiger partial charge in [-0.1, -0.05) is 29.8 Å². The molecule has 0 aliphatic rings. The van der Waals surface area contributed by atoms with E-state index in [4.69, 9.17) is 4.55 Å². The van der Waals surface area contributed by atoms with Crippen molar-refractivity contribution in [1.82, 2.24) is 0 Å². The molecule has 0 saturated carbocycles. The zero-order valence-electron chi connectivity index (χ0n) is 7.45. The van der Waals surface area contributed by atoms with Crippen LogP contribution in [0.25, 0.3) is 0 Å². The lowest BCUT2D eigenvalue weighted by Gasteiger charge is -2.09. The minimum atomic E-state index is -1.89. The third-order valence-corrected chi connectivity index (χ3v) is 3.02. The van der Waals surface area contributed by atoms with Crippen molar-refractivity contribution in [3.63, 3.8) is 0 Å². The van der Waals surface area contributed by atoms with Crippen molar-refractivity contribution < 1.29 is 8.76 Å². The standard InChI is InChI=1S/C9H11BrO2S/c1-6(2)8-5-7(10)3-4-9(8)13(11)12/h3-6H,1-2H3,(H,11,12). The van der Waals surface area contributed by atoms with E-state index >= 15 is 0 Å². The Morgan fingerprint density at radius 1 is 1.46 bits per heavy atom. The molecule has 0 amide bonds. The zero-order chi connectivity index (χ0) is 10.0. The highest BCUT2D eigenvalue weighted by molar-refractivity contribution is 9.10. The normalized spacial score (nSPS) is 13.3. The van der Waals surface area contributed by atoms with Gasteiger partial charge in [-0.05, 0) is 29.7 Å². The molecule has 0 aliphatic heterocycles. The second-order valence-corrected chi connectivity index (χ2v) is 4.94. The molecular formula is C9H11BrO2S. The second-order valence-electron chi connectivity index (χ2n) is 3.09. The molecule has 0 saturated heterocycles. The van der Waals surface area contributed by atoms with Gasteiger partial charge < -0.3 is 4.55 Å². The molecule has 0 aromatic heterocycles. The first-order chi connectivity index (χ1) is 6.02. The Morgan fingerprint density at radius 2 is 2.08 bits per heavy atom. The number of hydrogen-bond donors (Lipinski definition) is 1. The summed E-state index contributed by atoms with van der Waals surface area (Å²) in [5.41, 5.74) is 0.912. The van der Waals surface area contributed by atoms with Gasteiger partial charge in [-0.3, -0.25) is 0 Å². The zero-order valence-corrected chi connectivity index (χ0v) is 9.85. The van der Waals surface area contributed by atoms with E-state index < -0.39 is 11.1 Å². The van der Waals surface area contributed by atoms with Gasteiger partial charge >= 0.3 is 0 Å². The van der Waals surface area contributed by atoms with Crippen LogP contribution in [0.3, 0.4) is 0 Å². The van der Waals surface area contributed by atoms with Crippen LogP contribution >= 0.6 is 15.9 Å². The molecule has 0 radical (unpaired) electrons. The lowest BCUT2D eigenvalue weighted by atomic mass is 10.0. The van der Waals surface area contributed by atoms with Crippen molar-refractivity contribution in [3.8, 4) is 0 Å². The lowest BCUT2D eigenvalue weighted by Crippen LogP contribution is -1.98. The van der Waals surface area contributed by atoms with E-state index in [1.807, 2.05) is 19.9 Å². The first kappa shape index (κ1) is 10.9. The van der Waals surface area contributed by atoms with Gasteiger partial charge in [0.05, 0.1) is 4.90 Å². The molecule has 1 rings (SSSR count). The molecule has 1 aromatic carbocycles. The number of halogens is 1. The first-order valence-corrected chi connectivity index (χ1v) is 5.82. The molecule has 2 nitrogen and oxygen atoms in total. The summed E-state index contributed by atoms with van der Waals surface area (Å²) >= 11 is 1.44. The molecule has 13 heavy (non-hydrogen) atoms. The summed E-state index contributed by atoms with van der Waals surface area (Å²) in [7, 11) is 0. The monoisotopic (exact) mass is 262 g/mol. The molecule has 1 N–H and O–H groups in total. The summed E-state index contributed by atoms with van der Waals surface area (Å²) in [5, 5.41) is 0. The van der Waals surface area contributed by atoms with Crippen LogP contribution < -0.4 is 0 Å². The van der Waals surface area contributed by atoms with E-state index in [1.54, 1.807) is 12.1 Å². The van der Waals surface area contributed by atoms with Crippen LogP contribution in [0.2, 0.25) is 0 Å². The summed E-state index contributed by atoms with van der Waals surface area (Å²) in [4.78, 5) is 0.498. The lowest BCUT2D eigenvalue weighted by molar-refractivity contribution is 0.562. The van der Waals surface area contributed by atoms with Gasteiger partial charge in [0, 0.05) is 4.47 Å². The molecule has 0 bridgehead atoms. The van der Waals surface area contributed by atoms with Gasteiger partial charge in [0.2, 0.25) is 0 Å². The molecule has 0 fully saturated rings. The SMILES string of the molecule is CC(C)c1cc(Br)ccc1S(=O)O. The van der Waals surface area contributed by atoms with Gasteiger partial charge in [-0.2, -0.15) is 0 Å². The third-order valence-electron chi connectivity index (χ3n) is 1.78. The molecule has 1 atom stereocenters. The van der Waals surface area contributed by atoms with Gasteiger partial charge in [0.25, 0.3) is 0 Å². The molecule has 1 unspecified atom stereocenters. The highest BCUT2D eigenvalue weighted by atomic mass is 79.9. The first-order valence-electron chi connectivity index (χ1n) is 3.92. The van der Waals surface area contributed by atoms with Crippen molar-refractivity contribution in [2.45, 2.75) is 24.7 Å². The average Bonchev–Trinajstić information content (AvgIpc) is 2.03. The fourth-order valence-electron chi connectivity index (χ4n) is 1.13. The minimum absolute atomic E-state index is 0.253. The van der Waals surface area contributed by atoms with Crippen LogP contribution in [0.5, 0.6) is 0 Å². The van der Waals surface area contributed by atoms with Crippen molar-refractivity contribution >= 4 is 27.0 Å². The van der Waals surface area contributed by atoms with Crippen LogP contribution in [0.15, 0.2) is 27.6 Å². The summed E-state index contributed by atoms with van der Waals surface area (Å²) < 4.78 is 20.9. The highest BCUT2D eigenvalue weighted by Crippen LogP contribution is 2.25. The maximum atomic E-state index is 10.9. The minimum Gasteiger partial charge on any atom is -0.302 e. The molecule has 0 spiro atoms.